The molecule has 8 heteroatoms. The standard InChI is InChI=1S/C27H26F2N4O2/c1-27(2,3)16-24(34)30-22-11-13-23(14-12-22)33-25(19-5-4-6-21(29)15-19)31-26(32-33)35-17-18-7-9-20(28)10-8-18/h4-15H,16-17H2,1-3H3,(H,30,34). The maximum atomic E-state index is 13.9. The maximum Gasteiger partial charge on any atom is 0.336 e. The van der Waals surface area contributed by atoms with E-state index in [4.69, 9.17) is 4.74 Å². The topological polar surface area (TPSA) is 69.0 Å². The number of ether oxygens (including phenoxy) is 1. The summed E-state index contributed by atoms with van der Waals surface area (Å²) < 4.78 is 34.4. The molecule has 0 fully saturated rings. The molecule has 0 saturated carbocycles. The largest absolute Gasteiger partial charge is 0.457 e. The maximum absolute atomic E-state index is 13.9. The molecular formula is C27H26F2N4O2. The number of hydrogen-bond acceptors (Lipinski definition) is 4. The van der Waals surface area contributed by atoms with Gasteiger partial charge in [0, 0.05) is 17.7 Å². The summed E-state index contributed by atoms with van der Waals surface area (Å²) in [5, 5.41) is 7.35. The minimum atomic E-state index is -0.400. The fourth-order valence-electron chi connectivity index (χ4n) is 3.45. The quantitative estimate of drug-likeness (QED) is 0.347. The predicted molar refractivity (Wildman–Crippen MR) is 130 cm³/mol. The third-order valence-corrected chi connectivity index (χ3v) is 5.04. The SMILES string of the molecule is CC(C)(C)CC(=O)Nc1ccc(-n2nc(OCc3ccc(F)cc3)nc2-c2cccc(F)c2)cc1. The second-order valence-corrected chi connectivity index (χ2v) is 9.39. The van der Waals surface area contributed by atoms with E-state index in [9.17, 15) is 13.6 Å². The molecule has 3 aromatic carbocycles. The zero-order valence-electron chi connectivity index (χ0n) is 19.8. The molecule has 0 bridgehead atoms. The first-order valence-electron chi connectivity index (χ1n) is 11.2. The fourth-order valence-corrected chi connectivity index (χ4v) is 3.45. The van der Waals surface area contributed by atoms with Crippen molar-refractivity contribution in [1.29, 1.82) is 0 Å². The van der Waals surface area contributed by atoms with E-state index in [1.165, 1.54) is 24.3 Å². The van der Waals surface area contributed by atoms with Crippen LogP contribution in [0.15, 0.2) is 72.8 Å². The fraction of sp³-hybridized carbons (Fsp3) is 0.222. The van der Waals surface area contributed by atoms with Crippen molar-refractivity contribution in [2.24, 2.45) is 5.41 Å². The van der Waals surface area contributed by atoms with Crippen molar-refractivity contribution in [1.82, 2.24) is 14.8 Å². The van der Waals surface area contributed by atoms with E-state index < -0.39 is 5.82 Å². The lowest BCUT2D eigenvalue weighted by molar-refractivity contribution is -0.117. The van der Waals surface area contributed by atoms with E-state index in [0.717, 1.165) is 5.56 Å². The van der Waals surface area contributed by atoms with E-state index in [1.807, 2.05) is 20.8 Å². The Bertz CT molecular complexity index is 1310. The summed E-state index contributed by atoms with van der Waals surface area (Å²) in [6.07, 6.45) is 0.399. The van der Waals surface area contributed by atoms with Gasteiger partial charge in [-0.05, 0) is 59.5 Å². The summed E-state index contributed by atoms with van der Waals surface area (Å²) in [6.45, 7) is 6.16. The number of nitrogens with zero attached hydrogens (tertiary/aromatic N) is 3. The molecule has 35 heavy (non-hydrogen) atoms. The van der Waals surface area contributed by atoms with E-state index >= 15 is 0 Å². The number of aromatic nitrogens is 3. The Hall–Kier alpha value is -4.07. The Morgan fingerprint density at radius 3 is 2.34 bits per heavy atom. The van der Waals surface area contributed by atoms with Gasteiger partial charge in [-0.25, -0.2) is 13.5 Å². The van der Waals surface area contributed by atoms with E-state index in [1.54, 1.807) is 53.2 Å². The van der Waals surface area contributed by atoms with Crippen molar-refractivity contribution in [3.63, 3.8) is 0 Å². The first-order valence-corrected chi connectivity index (χ1v) is 11.2. The van der Waals surface area contributed by atoms with Gasteiger partial charge in [-0.3, -0.25) is 4.79 Å². The van der Waals surface area contributed by atoms with Crippen molar-refractivity contribution in [2.45, 2.75) is 33.8 Å². The number of rotatable bonds is 7. The van der Waals surface area contributed by atoms with E-state index in [-0.39, 0.29) is 29.8 Å². The van der Waals surface area contributed by atoms with Gasteiger partial charge in [0.2, 0.25) is 5.91 Å². The number of carbonyl (C=O) groups is 1. The van der Waals surface area contributed by atoms with Gasteiger partial charge < -0.3 is 10.1 Å². The minimum Gasteiger partial charge on any atom is -0.457 e. The lowest BCUT2D eigenvalue weighted by atomic mass is 9.92. The number of anilines is 1. The second-order valence-electron chi connectivity index (χ2n) is 9.39. The average Bonchev–Trinajstić information content (AvgIpc) is 3.22. The van der Waals surface area contributed by atoms with Gasteiger partial charge in [0.25, 0.3) is 0 Å². The van der Waals surface area contributed by atoms with Crippen molar-refractivity contribution in [3.8, 4) is 23.1 Å². The molecule has 6 nitrogen and oxygen atoms in total. The molecule has 0 aliphatic heterocycles. The molecule has 0 radical (unpaired) electrons. The molecule has 180 valence electrons. The van der Waals surface area contributed by atoms with Gasteiger partial charge in [-0.15, -0.1) is 5.10 Å². The molecule has 0 unspecified atom stereocenters. The van der Waals surface area contributed by atoms with Crippen LogP contribution in [0.3, 0.4) is 0 Å². The molecule has 0 spiro atoms. The van der Waals surface area contributed by atoms with Gasteiger partial charge >= 0.3 is 6.01 Å². The molecule has 0 saturated heterocycles. The van der Waals surface area contributed by atoms with Crippen molar-refractivity contribution < 1.29 is 18.3 Å². The van der Waals surface area contributed by atoms with Crippen LogP contribution in [0, 0.1) is 17.0 Å². The van der Waals surface area contributed by atoms with Crippen LogP contribution < -0.4 is 10.1 Å². The highest BCUT2D eigenvalue weighted by Gasteiger charge is 2.17. The molecule has 1 aromatic heterocycles. The predicted octanol–water partition coefficient (Wildman–Crippen LogP) is 6.17. The van der Waals surface area contributed by atoms with Gasteiger partial charge in [-0.1, -0.05) is 45.0 Å². The first-order chi connectivity index (χ1) is 16.7. The molecule has 0 atom stereocenters. The zero-order valence-corrected chi connectivity index (χ0v) is 19.8. The minimum absolute atomic E-state index is 0.0667. The Kier molecular flexibility index (Phi) is 6.91. The molecular weight excluding hydrogens is 450 g/mol. The second kappa shape index (κ2) is 10.0. The van der Waals surface area contributed by atoms with Crippen LogP contribution in [0.5, 0.6) is 6.01 Å². The number of hydrogen-bond donors (Lipinski definition) is 1. The lowest BCUT2D eigenvalue weighted by Gasteiger charge is -2.17. The summed E-state index contributed by atoms with van der Waals surface area (Å²) >= 11 is 0. The van der Waals surface area contributed by atoms with Crippen molar-refractivity contribution >= 4 is 11.6 Å². The first kappa shape index (κ1) is 24.1. The average molecular weight is 477 g/mol. The van der Waals surface area contributed by atoms with Crippen molar-refractivity contribution in [2.75, 3.05) is 5.32 Å². The molecule has 1 amide bonds. The summed E-state index contributed by atoms with van der Waals surface area (Å²) in [5.41, 5.74) is 2.47. The van der Waals surface area contributed by atoms with Crippen LogP contribution in [0.25, 0.3) is 17.1 Å². The Morgan fingerprint density at radius 2 is 1.69 bits per heavy atom. The summed E-state index contributed by atoms with van der Waals surface area (Å²) in [6, 6.07) is 19.2. The number of amides is 1. The van der Waals surface area contributed by atoms with Crippen LogP contribution in [-0.2, 0) is 11.4 Å². The van der Waals surface area contributed by atoms with Crippen LogP contribution >= 0.6 is 0 Å². The van der Waals surface area contributed by atoms with Gasteiger partial charge in [0.1, 0.15) is 18.2 Å². The Labute approximate surface area is 202 Å². The highest BCUT2D eigenvalue weighted by atomic mass is 19.1. The van der Waals surface area contributed by atoms with Crippen LogP contribution in [0.4, 0.5) is 14.5 Å². The third-order valence-electron chi connectivity index (χ3n) is 5.04. The monoisotopic (exact) mass is 476 g/mol. The van der Waals surface area contributed by atoms with Crippen LogP contribution in [0.1, 0.15) is 32.8 Å². The van der Waals surface area contributed by atoms with E-state index in [0.29, 0.717) is 29.2 Å². The summed E-state index contributed by atoms with van der Waals surface area (Å²) in [4.78, 5) is 16.7. The Morgan fingerprint density at radius 1 is 0.971 bits per heavy atom. The number of halogens is 2. The highest BCUT2D eigenvalue weighted by molar-refractivity contribution is 5.91. The number of nitrogens with one attached hydrogen (secondary N) is 1. The number of benzene rings is 3. The summed E-state index contributed by atoms with van der Waals surface area (Å²) in [5.74, 6) is -0.406. The summed E-state index contributed by atoms with van der Waals surface area (Å²) in [7, 11) is 0. The smallest absolute Gasteiger partial charge is 0.336 e. The third kappa shape index (κ3) is 6.50. The molecule has 1 N–H and O–H groups in total. The van der Waals surface area contributed by atoms with Crippen LogP contribution in [0.2, 0.25) is 0 Å². The normalized spacial score (nSPS) is 11.3. The van der Waals surface area contributed by atoms with Crippen LogP contribution in [-0.4, -0.2) is 20.7 Å². The molecule has 0 aliphatic carbocycles. The van der Waals surface area contributed by atoms with Gasteiger partial charge in [-0.2, -0.15) is 4.98 Å². The zero-order chi connectivity index (χ0) is 25.0. The van der Waals surface area contributed by atoms with Gasteiger partial charge in [0.05, 0.1) is 5.69 Å². The van der Waals surface area contributed by atoms with Crippen molar-refractivity contribution in [3.05, 3.63) is 90.0 Å². The lowest BCUT2D eigenvalue weighted by Crippen LogP contribution is -2.19. The van der Waals surface area contributed by atoms with E-state index in [2.05, 4.69) is 15.4 Å². The number of carbonyl (C=O) groups excluding carboxylic acids is 1. The van der Waals surface area contributed by atoms with Gasteiger partial charge in [0.15, 0.2) is 5.82 Å². The highest BCUT2D eigenvalue weighted by Crippen LogP contribution is 2.26. The molecule has 4 rings (SSSR count). The molecule has 1 heterocycles. The molecule has 0 aliphatic rings. The Balaban J connectivity index is 1.59. The molecule has 4 aromatic rings.